The minimum absolute atomic E-state index is 0.120. The van der Waals surface area contributed by atoms with E-state index in [2.05, 4.69) is 78.1 Å². The molecular weight excluding hydrogens is 452 g/mol. The highest BCUT2D eigenvalue weighted by Gasteiger charge is 2.18. The minimum Gasteiger partial charge on any atom is -0.354 e. The van der Waals surface area contributed by atoms with Crippen LogP contribution in [0, 0.1) is 0 Å². The molecule has 35 heavy (non-hydrogen) atoms. The normalized spacial score (nSPS) is 14.6. The summed E-state index contributed by atoms with van der Waals surface area (Å²) in [6.45, 7) is 14.3. The number of hydrogen-bond acceptors (Lipinski definition) is 5. The molecule has 0 spiro atoms. The van der Waals surface area contributed by atoms with Gasteiger partial charge in [0, 0.05) is 38.1 Å². The molecule has 6 heteroatoms. The largest absolute Gasteiger partial charge is 0.354 e. The topological polar surface area (TPSA) is 48.5 Å². The van der Waals surface area contributed by atoms with Crippen molar-refractivity contribution in [1.82, 2.24) is 9.88 Å². The van der Waals surface area contributed by atoms with Crippen LogP contribution in [0.3, 0.4) is 0 Å². The van der Waals surface area contributed by atoms with Crippen molar-refractivity contribution in [3.05, 3.63) is 53.7 Å². The van der Waals surface area contributed by atoms with Gasteiger partial charge >= 0.3 is 0 Å². The average molecular weight is 497 g/mol. The number of aromatic nitrogens is 1. The van der Waals surface area contributed by atoms with Crippen LogP contribution in [0.15, 0.2) is 42.6 Å². The fraction of sp³-hybridized carbons (Fsp3) is 0.586. The number of rotatable bonds is 13. The maximum absolute atomic E-state index is 12.6. The van der Waals surface area contributed by atoms with Crippen LogP contribution >= 0.6 is 11.8 Å². The van der Waals surface area contributed by atoms with E-state index in [1.165, 1.54) is 43.4 Å². The van der Waals surface area contributed by atoms with Gasteiger partial charge in [0.2, 0.25) is 5.91 Å². The quantitative estimate of drug-likeness (QED) is 0.326. The van der Waals surface area contributed by atoms with Crippen LogP contribution in [0.4, 0.5) is 11.5 Å². The number of nitrogens with one attached hydrogen (secondary N) is 1. The number of pyridine rings is 1. The van der Waals surface area contributed by atoms with Gasteiger partial charge in [0.15, 0.2) is 0 Å². The van der Waals surface area contributed by atoms with Crippen LogP contribution in [0.2, 0.25) is 0 Å². The molecule has 1 aromatic carbocycles. The van der Waals surface area contributed by atoms with Gasteiger partial charge in [-0.15, -0.1) is 0 Å². The van der Waals surface area contributed by atoms with Gasteiger partial charge in [-0.05, 0) is 60.2 Å². The maximum atomic E-state index is 12.6. The fourth-order valence-electron chi connectivity index (χ4n) is 4.67. The third kappa shape index (κ3) is 8.84. The van der Waals surface area contributed by atoms with Crippen LogP contribution in [-0.4, -0.2) is 60.0 Å². The Kier molecular flexibility index (Phi) is 11.4. The molecule has 0 saturated carbocycles. The second-order valence-electron chi connectivity index (χ2n) is 10.2. The lowest BCUT2D eigenvalue weighted by molar-refractivity contribution is -0.113. The van der Waals surface area contributed by atoms with Crippen molar-refractivity contribution < 1.29 is 4.79 Å². The minimum atomic E-state index is 0.120. The highest BCUT2D eigenvalue weighted by atomic mass is 32.2. The van der Waals surface area contributed by atoms with E-state index in [4.69, 9.17) is 0 Å². The Hall–Kier alpha value is -2.05. The lowest BCUT2D eigenvalue weighted by atomic mass is 9.92. The first-order valence-corrected chi connectivity index (χ1v) is 14.5. The summed E-state index contributed by atoms with van der Waals surface area (Å²) in [5, 5.41) is 3.23. The third-order valence-corrected chi connectivity index (χ3v) is 7.77. The Morgan fingerprint density at radius 3 is 2.23 bits per heavy atom. The van der Waals surface area contributed by atoms with Crippen molar-refractivity contribution in [3.63, 3.8) is 0 Å². The van der Waals surface area contributed by atoms with Gasteiger partial charge in [-0.1, -0.05) is 64.8 Å². The third-order valence-electron chi connectivity index (χ3n) is 6.73. The van der Waals surface area contributed by atoms with Gasteiger partial charge in [-0.3, -0.25) is 9.69 Å². The number of carbonyl (C=O) groups is 1. The van der Waals surface area contributed by atoms with Gasteiger partial charge in [0.05, 0.1) is 5.75 Å². The molecule has 0 unspecified atom stereocenters. The molecule has 0 atom stereocenters. The van der Waals surface area contributed by atoms with Crippen LogP contribution in [0.5, 0.6) is 0 Å². The van der Waals surface area contributed by atoms with Crippen LogP contribution in [0.25, 0.3) is 0 Å². The van der Waals surface area contributed by atoms with Crippen LogP contribution in [-0.2, 0) is 4.79 Å². The lowest BCUT2D eigenvalue weighted by Gasteiger charge is -2.35. The first kappa shape index (κ1) is 27.5. The molecular formula is C29H44N4OS. The Balaban J connectivity index is 1.25. The van der Waals surface area contributed by atoms with Crippen LogP contribution in [0.1, 0.15) is 76.3 Å². The van der Waals surface area contributed by atoms with E-state index in [9.17, 15) is 4.79 Å². The monoisotopic (exact) mass is 496 g/mol. The predicted molar refractivity (Wildman–Crippen MR) is 152 cm³/mol. The zero-order valence-electron chi connectivity index (χ0n) is 22.1. The fourth-order valence-corrected chi connectivity index (χ4v) is 5.48. The van der Waals surface area contributed by atoms with E-state index in [1.807, 2.05) is 12.3 Å². The van der Waals surface area contributed by atoms with Crippen LogP contribution < -0.4 is 10.2 Å². The molecule has 2 aromatic rings. The molecule has 1 amide bonds. The number of amides is 1. The van der Waals surface area contributed by atoms with Gasteiger partial charge in [0.1, 0.15) is 5.82 Å². The standard InChI is InChI=1S/C29H44N4OS/c1-23(2)25-12-11-13-26(24(3)4)29(25)31-28(34)22-35-21-10-6-5-9-16-32-17-19-33(20-18-32)27-14-7-8-15-30-27/h7-8,11-15,23-24H,5-6,9-10,16-22H2,1-4H3,(H,31,34). The summed E-state index contributed by atoms with van der Waals surface area (Å²) in [4.78, 5) is 22.1. The summed E-state index contributed by atoms with van der Waals surface area (Å²) in [6.07, 6.45) is 6.84. The number of thioether (sulfide) groups is 1. The summed E-state index contributed by atoms with van der Waals surface area (Å²) in [7, 11) is 0. The molecule has 1 aliphatic heterocycles. The number of carbonyl (C=O) groups excluding carboxylic acids is 1. The van der Waals surface area contributed by atoms with Crippen molar-refractivity contribution >= 4 is 29.2 Å². The van der Waals surface area contributed by atoms with Gasteiger partial charge < -0.3 is 10.2 Å². The molecule has 1 aliphatic rings. The molecule has 0 bridgehead atoms. The number of para-hydroxylation sites is 1. The van der Waals surface area contributed by atoms with E-state index in [1.54, 1.807) is 11.8 Å². The van der Waals surface area contributed by atoms with Crippen molar-refractivity contribution in [2.45, 2.75) is 65.2 Å². The number of unbranched alkanes of at least 4 members (excludes halogenated alkanes) is 3. The van der Waals surface area contributed by atoms with Crippen molar-refractivity contribution in [2.75, 3.05) is 54.4 Å². The molecule has 1 saturated heterocycles. The van der Waals surface area contributed by atoms with Crippen molar-refractivity contribution in [2.24, 2.45) is 0 Å². The first-order chi connectivity index (χ1) is 17.0. The average Bonchev–Trinajstić information content (AvgIpc) is 2.86. The van der Waals surface area contributed by atoms with Gasteiger partial charge in [0.25, 0.3) is 0 Å². The summed E-state index contributed by atoms with van der Waals surface area (Å²) < 4.78 is 0. The van der Waals surface area contributed by atoms with E-state index in [-0.39, 0.29) is 5.91 Å². The summed E-state index contributed by atoms with van der Waals surface area (Å²) in [5.41, 5.74) is 3.49. The van der Waals surface area contributed by atoms with Crippen molar-refractivity contribution in [3.8, 4) is 0 Å². The zero-order valence-corrected chi connectivity index (χ0v) is 22.9. The number of piperazine rings is 1. The molecule has 192 valence electrons. The second-order valence-corrected chi connectivity index (χ2v) is 11.3. The maximum Gasteiger partial charge on any atom is 0.234 e. The lowest BCUT2D eigenvalue weighted by Crippen LogP contribution is -2.46. The number of nitrogens with zero attached hydrogens (tertiary/aromatic N) is 3. The Labute approximate surface area is 217 Å². The molecule has 1 N–H and O–H groups in total. The Bertz CT molecular complexity index is 869. The second kappa shape index (κ2) is 14.5. The number of hydrogen-bond donors (Lipinski definition) is 1. The van der Waals surface area contributed by atoms with E-state index in [0.717, 1.165) is 43.4 Å². The smallest absolute Gasteiger partial charge is 0.234 e. The highest BCUT2D eigenvalue weighted by molar-refractivity contribution is 7.99. The predicted octanol–water partition coefficient (Wildman–Crippen LogP) is 6.38. The molecule has 3 rings (SSSR count). The van der Waals surface area contributed by atoms with Gasteiger partial charge in [-0.25, -0.2) is 4.98 Å². The Morgan fingerprint density at radius 2 is 1.60 bits per heavy atom. The van der Waals surface area contributed by atoms with E-state index < -0.39 is 0 Å². The van der Waals surface area contributed by atoms with Gasteiger partial charge in [-0.2, -0.15) is 11.8 Å². The number of benzene rings is 1. The van der Waals surface area contributed by atoms with E-state index in [0.29, 0.717) is 17.6 Å². The summed E-state index contributed by atoms with van der Waals surface area (Å²) in [6, 6.07) is 12.5. The molecule has 5 nitrogen and oxygen atoms in total. The SMILES string of the molecule is CC(C)c1cccc(C(C)C)c1NC(=O)CSCCCCCCN1CCN(c2ccccn2)CC1. The number of anilines is 2. The molecule has 0 aliphatic carbocycles. The van der Waals surface area contributed by atoms with Crippen molar-refractivity contribution in [1.29, 1.82) is 0 Å². The van der Waals surface area contributed by atoms with E-state index >= 15 is 0 Å². The Morgan fingerprint density at radius 1 is 0.914 bits per heavy atom. The highest BCUT2D eigenvalue weighted by Crippen LogP contribution is 2.32. The molecule has 1 aromatic heterocycles. The summed E-state index contributed by atoms with van der Waals surface area (Å²) in [5.74, 6) is 3.59. The molecule has 2 heterocycles. The molecule has 0 radical (unpaired) electrons. The summed E-state index contributed by atoms with van der Waals surface area (Å²) >= 11 is 1.76. The zero-order chi connectivity index (χ0) is 25.0. The molecule has 1 fully saturated rings. The first-order valence-electron chi connectivity index (χ1n) is 13.3.